The fraction of sp³-hybridized carbons (Fsp3) is 0.857. The molecule has 0 aliphatic heterocycles. The fourth-order valence-corrected chi connectivity index (χ4v) is 0.956. The van der Waals surface area contributed by atoms with E-state index >= 15 is 0 Å². The number of ether oxygens (including phenoxy) is 1. The van der Waals surface area contributed by atoms with Crippen LogP contribution in [-0.4, -0.2) is 19.3 Å². The summed E-state index contributed by atoms with van der Waals surface area (Å²) in [6.45, 7) is 1.77. The number of alkyl halides is 1. The second kappa shape index (κ2) is 2.99. The van der Waals surface area contributed by atoms with Gasteiger partial charge in [0.2, 0.25) is 0 Å². The minimum atomic E-state index is -0.385. The fourth-order valence-electron chi connectivity index (χ4n) is 0.956. The van der Waals surface area contributed by atoms with Crippen molar-refractivity contribution in [2.75, 3.05) is 13.3 Å². The molecular weight excluding hydrogens is 135 g/mol. The summed E-state index contributed by atoms with van der Waals surface area (Å²) < 4.78 is 16.5. The first-order valence-electron chi connectivity index (χ1n) is 3.52. The molecule has 0 saturated heterocycles. The molecule has 2 atom stereocenters. The van der Waals surface area contributed by atoms with Crippen LogP contribution in [-0.2, 0) is 9.53 Å². The lowest BCUT2D eigenvalue weighted by atomic mass is 10.3. The van der Waals surface area contributed by atoms with Crippen LogP contribution in [0.3, 0.4) is 0 Å². The highest BCUT2D eigenvalue weighted by Crippen LogP contribution is 2.39. The Morgan fingerprint density at radius 1 is 1.80 bits per heavy atom. The van der Waals surface area contributed by atoms with E-state index in [-0.39, 0.29) is 24.5 Å². The Morgan fingerprint density at radius 2 is 2.50 bits per heavy atom. The van der Waals surface area contributed by atoms with Crippen molar-refractivity contribution >= 4 is 5.97 Å². The van der Waals surface area contributed by atoms with Gasteiger partial charge in [0.15, 0.2) is 0 Å². The van der Waals surface area contributed by atoms with Crippen LogP contribution in [0.1, 0.15) is 13.3 Å². The van der Waals surface area contributed by atoms with Crippen molar-refractivity contribution in [3.63, 3.8) is 0 Å². The summed E-state index contributed by atoms with van der Waals surface area (Å²) in [6.07, 6.45) is 0.676. The lowest BCUT2D eigenvalue weighted by molar-refractivity contribution is -0.145. The minimum absolute atomic E-state index is 0.0425. The van der Waals surface area contributed by atoms with Crippen molar-refractivity contribution in [2.45, 2.75) is 13.3 Å². The zero-order valence-electron chi connectivity index (χ0n) is 5.97. The Bertz CT molecular complexity index is 136. The average Bonchev–Trinajstić information content (AvgIpc) is 2.66. The van der Waals surface area contributed by atoms with Crippen molar-refractivity contribution in [1.29, 1.82) is 0 Å². The summed E-state index contributed by atoms with van der Waals surface area (Å²) in [6, 6.07) is 0. The molecule has 3 heteroatoms. The van der Waals surface area contributed by atoms with Crippen molar-refractivity contribution in [3.8, 4) is 0 Å². The highest BCUT2D eigenvalue weighted by Gasteiger charge is 2.43. The van der Waals surface area contributed by atoms with Crippen LogP contribution in [0.5, 0.6) is 0 Å². The third-order valence-corrected chi connectivity index (χ3v) is 1.71. The number of rotatable bonds is 3. The Kier molecular flexibility index (Phi) is 2.25. The molecule has 0 aromatic rings. The molecule has 0 aromatic heterocycles. The van der Waals surface area contributed by atoms with Crippen LogP contribution >= 0.6 is 0 Å². The molecule has 58 valence electrons. The number of hydrogen-bond acceptors (Lipinski definition) is 2. The largest absolute Gasteiger partial charge is 0.466 e. The predicted molar refractivity (Wildman–Crippen MR) is 34.2 cm³/mol. The highest BCUT2D eigenvalue weighted by atomic mass is 19.1. The zero-order valence-corrected chi connectivity index (χ0v) is 5.97. The number of carbonyl (C=O) groups is 1. The second-order valence-electron chi connectivity index (χ2n) is 2.51. The lowest BCUT2D eigenvalue weighted by Crippen LogP contribution is -2.07. The van der Waals surface area contributed by atoms with E-state index in [1.165, 1.54) is 0 Å². The van der Waals surface area contributed by atoms with Gasteiger partial charge in [-0.2, -0.15) is 0 Å². The first kappa shape index (κ1) is 7.51. The molecular formula is C7H11FO2. The Balaban J connectivity index is 2.19. The van der Waals surface area contributed by atoms with Gasteiger partial charge in [-0.15, -0.1) is 0 Å². The van der Waals surface area contributed by atoms with Gasteiger partial charge in [0.05, 0.1) is 19.2 Å². The highest BCUT2D eigenvalue weighted by molar-refractivity contribution is 5.75. The molecule has 2 nitrogen and oxygen atoms in total. The van der Waals surface area contributed by atoms with Crippen molar-refractivity contribution < 1.29 is 13.9 Å². The van der Waals surface area contributed by atoms with Crippen LogP contribution in [0.4, 0.5) is 4.39 Å². The molecule has 1 saturated carbocycles. The molecule has 0 bridgehead atoms. The van der Waals surface area contributed by atoms with E-state index in [1.54, 1.807) is 6.92 Å². The average molecular weight is 146 g/mol. The van der Waals surface area contributed by atoms with Gasteiger partial charge in [-0.05, 0) is 13.3 Å². The van der Waals surface area contributed by atoms with E-state index in [2.05, 4.69) is 0 Å². The third kappa shape index (κ3) is 1.46. The standard InChI is InChI=1S/C7H11FO2/c1-2-10-7(9)6-3-5(6)4-8/h5-6H,2-4H2,1H3. The molecule has 10 heavy (non-hydrogen) atoms. The van der Waals surface area contributed by atoms with Crippen LogP contribution < -0.4 is 0 Å². The normalized spacial score (nSPS) is 29.8. The lowest BCUT2D eigenvalue weighted by Gasteiger charge is -1.97. The van der Waals surface area contributed by atoms with E-state index in [4.69, 9.17) is 4.74 Å². The van der Waals surface area contributed by atoms with Gasteiger partial charge >= 0.3 is 5.97 Å². The molecule has 0 radical (unpaired) electrons. The monoisotopic (exact) mass is 146 g/mol. The van der Waals surface area contributed by atoms with Crippen molar-refractivity contribution in [1.82, 2.24) is 0 Å². The van der Waals surface area contributed by atoms with Crippen LogP contribution in [0, 0.1) is 11.8 Å². The first-order valence-corrected chi connectivity index (χ1v) is 3.52. The van der Waals surface area contributed by atoms with Crippen LogP contribution in [0.15, 0.2) is 0 Å². The van der Waals surface area contributed by atoms with E-state index in [1.807, 2.05) is 0 Å². The van der Waals surface area contributed by atoms with Crippen LogP contribution in [0.2, 0.25) is 0 Å². The molecule has 2 unspecified atom stereocenters. The maximum Gasteiger partial charge on any atom is 0.309 e. The summed E-state index contributed by atoms with van der Waals surface area (Å²) in [5.41, 5.74) is 0. The smallest absolute Gasteiger partial charge is 0.309 e. The van der Waals surface area contributed by atoms with Gasteiger partial charge in [0.25, 0.3) is 0 Å². The first-order chi connectivity index (χ1) is 4.79. The zero-order chi connectivity index (χ0) is 7.56. The Hall–Kier alpha value is -0.600. The van der Waals surface area contributed by atoms with Gasteiger partial charge in [-0.1, -0.05) is 0 Å². The molecule has 1 aliphatic carbocycles. The van der Waals surface area contributed by atoms with E-state index in [9.17, 15) is 9.18 Å². The number of carbonyl (C=O) groups excluding carboxylic acids is 1. The SMILES string of the molecule is CCOC(=O)C1CC1CF. The van der Waals surface area contributed by atoms with Gasteiger partial charge in [-0.3, -0.25) is 9.18 Å². The van der Waals surface area contributed by atoms with E-state index < -0.39 is 0 Å². The quantitative estimate of drug-likeness (QED) is 0.558. The molecule has 0 spiro atoms. The number of hydrogen-bond donors (Lipinski definition) is 0. The Morgan fingerprint density at radius 3 is 2.90 bits per heavy atom. The van der Waals surface area contributed by atoms with Gasteiger partial charge in [0.1, 0.15) is 0 Å². The van der Waals surface area contributed by atoms with E-state index in [0.717, 1.165) is 0 Å². The summed E-state index contributed by atoms with van der Waals surface area (Å²) in [7, 11) is 0. The summed E-state index contributed by atoms with van der Waals surface area (Å²) in [5.74, 6) is -0.408. The van der Waals surface area contributed by atoms with Gasteiger partial charge < -0.3 is 4.74 Å². The third-order valence-electron chi connectivity index (χ3n) is 1.71. The second-order valence-corrected chi connectivity index (χ2v) is 2.51. The predicted octanol–water partition coefficient (Wildman–Crippen LogP) is 1.16. The Labute approximate surface area is 59.4 Å². The van der Waals surface area contributed by atoms with Crippen LogP contribution in [0.25, 0.3) is 0 Å². The molecule has 0 heterocycles. The molecule has 1 fully saturated rings. The van der Waals surface area contributed by atoms with Crippen molar-refractivity contribution in [2.24, 2.45) is 11.8 Å². The number of esters is 1. The van der Waals surface area contributed by atoms with Gasteiger partial charge in [0, 0.05) is 5.92 Å². The van der Waals surface area contributed by atoms with Crippen molar-refractivity contribution in [3.05, 3.63) is 0 Å². The molecule has 0 aromatic carbocycles. The molecule has 0 amide bonds. The minimum Gasteiger partial charge on any atom is -0.466 e. The molecule has 1 aliphatic rings. The number of halogens is 1. The maximum absolute atomic E-state index is 11.8. The van der Waals surface area contributed by atoms with Gasteiger partial charge in [-0.25, -0.2) is 0 Å². The van der Waals surface area contributed by atoms with E-state index in [0.29, 0.717) is 13.0 Å². The molecule has 1 rings (SSSR count). The molecule has 0 N–H and O–H groups in total. The summed E-state index contributed by atoms with van der Waals surface area (Å²) in [4.78, 5) is 10.8. The summed E-state index contributed by atoms with van der Waals surface area (Å²) in [5, 5.41) is 0. The topological polar surface area (TPSA) is 26.3 Å². The summed E-state index contributed by atoms with van der Waals surface area (Å²) >= 11 is 0. The maximum atomic E-state index is 11.8.